The van der Waals surface area contributed by atoms with Crippen LogP contribution in [0.1, 0.15) is 29.9 Å². The van der Waals surface area contributed by atoms with Crippen LogP contribution in [0.25, 0.3) is 0 Å². The van der Waals surface area contributed by atoms with Crippen LogP contribution in [0.5, 0.6) is 0 Å². The molecule has 1 atom stereocenters. The van der Waals surface area contributed by atoms with Crippen molar-refractivity contribution < 1.29 is 13.5 Å². The zero-order chi connectivity index (χ0) is 15.6. The SMILES string of the molecule is Cc1ccc(CO)cc1S(=O)(=O)NC(C)c1nncn1C. The normalized spacial score (nSPS) is 13.3. The van der Waals surface area contributed by atoms with E-state index < -0.39 is 16.1 Å². The second kappa shape index (κ2) is 5.92. The zero-order valence-electron chi connectivity index (χ0n) is 12.1. The highest BCUT2D eigenvalue weighted by Gasteiger charge is 2.22. The molecule has 0 saturated heterocycles. The van der Waals surface area contributed by atoms with E-state index in [0.717, 1.165) is 0 Å². The van der Waals surface area contributed by atoms with Crippen molar-refractivity contribution in [2.45, 2.75) is 31.4 Å². The van der Waals surface area contributed by atoms with Crippen LogP contribution in [-0.2, 0) is 23.7 Å². The van der Waals surface area contributed by atoms with Crippen LogP contribution in [0.15, 0.2) is 29.4 Å². The van der Waals surface area contributed by atoms with Gasteiger partial charge in [-0.3, -0.25) is 0 Å². The Morgan fingerprint density at radius 3 is 2.71 bits per heavy atom. The van der Waals surface area contributed by atoms with Crippen LogP contribution in [0, 0.1) is 6.92 Å². The predicted molar refractivity (Wildman–Crippen MR) is 76.8 cm³/mol. The maximum atomic E-state index is 12.5. The van der Waals surface area contributed by atoms with E-state index in [0.29, 0.717) is 17.0 Å². The van der Waals surface area contributed by atoms with Crippen molar-refractivity contribution in [1.82, 2.24) is 19.5 Å². The minimum Gasteiger partial charge on any atom is -0.392 e. The van der Waals surface area contributed by atoms with Crippen LogP contribution in [0.4, 0.5) is 0 Å². The van der Waals surface area contributed by atoms with Gasteiger partial charge in [0.2, 0.25) is 10.0 Å². The molecule has 0 fully saturated rings. The summed E-state index contributed by atoms with van der Waals surface area (Å²) in [5, 5.41) is 16.8. The van der Waals surface area contributed by atoms with Crippen molar-refractivity contribution in [1.29, 1.82) is 0 Å². The van der Waals surface area contributed by atoms with Crippen LogP contribution in [0.2, 0.25) is 0 Å². The Bertz CT molecular complexity index is 740. The van der Waals surface area contributed by atoms with Crippen molar-refractivity contribution in [3.8, 4) is 0 Å². The molecule has 0 bridgehead atoms. The summed E-state index contributed by atoms with van der Waals surface area (Å²) < 4.78 is 29.2. The number of aliphatic hydroxyl groups excluding tert-OH is 1. The van der Waals surface area contributed by atoms with E-state index in [9.17, 15) is 8.42 Å². The summed E-state index contributed by atoms with van der Waals surface area (Å²) in [7, 11) is -1.96. The van der Waals surface area contributed by atoms with Crippen molar-refractivity contribution in [3.05, 3.63) is 41.5 Å². The molecule has 2 rings (SSSR count). The minimum absolute atomic E-state index is 0.156. The molecule has 114 valence electrons. The number of nitrogens with one attached hydrogen (secondary N) is 1. The number of aromatic nitrogens is 3. The molecule has 21 heavy (non-hydrogen) atoms. The summed E-state index contributed by atoms with van der Waals surface area (Å²) in [6.45, 7) is 3.21. The Kier molecular flexibility index (Phi) is 4.40. The monoisotopic (exact) mass is 310 g/mol. The molecule has 1 unspecified atom stereocenters. The largest absolute Gasteiger partial charge is 0.392 e. The lowest BCUT2D eigenvalue weighted by Gasteiger charge is -2.15. The number of benzene rings is 1. The molecule has 7 nitrogen and oxygen atoms in total. The Morgan fingerprint density at radius 1 is 1.43 bits per heavy atom. The standard InChI is InChI=1S/C13H18N4O3S/c1-9-4-5-11(7-18)6-12(9)21(19,20)16-10(2)13-15-14-8-17(13)3/h4-6,8,10,16,18H,7H2,1-3H3. The summed E-state index contributed by atoms with van der Waals surface area (Å²) in [6, 6.07) is 4.33. The summed E-state index contributed by atoms with van der Waals surface area (Å²) in [6.07, 6.45) is 1.51. The van der Waals surface area contributed by atoms with Gasteiger partial charge in [-0.05, 0) is 31.0 Å². The van der Waals surface area contributed by atoms with Crippen LogP contribution in [0.3, 0.4) is 0 Å². The third-order valence-corrected chi connectivity index (χ3v) is 4.87. The van der Waals surface area contributed by atoms with Gasteiger partial charge < -0.3 is 9.67 Å². The average Bonchev–Trinajstić information content (AvgIpc) is 2.85. The second-order valence-corrected chi connectivity index (χ2v) is 6.58. The Balaban J connectivity index is 2.33. The molecular weight excluding hydrogens is 292 g/mol. The molecule has 0 saturated carbocycles. The Labute approximate surface area is 123 Å². The lowest BCUT2D eigenvalue weighted by molar-refractivity contribution is 0.281. The van der Waals surface area contributed by atoms with E-state index in [1.165, 1.54) is 12.4 Å². The van der Waals surface area contributed by atoms with Gasteiger partial charge in [0.25, 0.3) is 0 Å². The highest BCUT2D eigenvalue weighted by Crippen LogP contribution is 2.20. The first-order valence-electron chi connectivity index (χ1n) is 6.41. The molecule has 0 spiro atoms. The second-order valence-electron chi connectivity index (χ2n) is 4.90. The number of aryl methyl sites for hydroxylation is 2. The smallest absolute Gasteiger partial charge is 0.241 e. The molecule has 0 aliphatic carbocycles. The minimum atomic E-state index is -3.71. The maximum absolute atomic E-state index is 12.5. The van der Waals surface area contributed by atoms with E-state index in [2.05, 4.69) is 14.9 Å². The van der Waals surface area contributed by atoms with Crippen molar-refractivity contribution in [3.63, 3.8) is 0 Å². The fraction of sp³-hybridized carbons (Fsp3) is 0.385. The van der Waals surface area contributed by atoms with Gasteiger partial charge >= 0.3 is 0 Å². The van der Waals surface area contributed by atoms with Crippen LogP contribution < -0.4 is 4.72 Å². The summed E-state index contributed by atoms with van der Waals surface area (Å²) in [5.41, 5.74) is 1.16. The number of sulfonamides is 1. The third-order valence-electron chi connectivity index (χ3n) is 3.19. The van der Waals surface area contributed by atoms with Gasteiger partial charge in [0.15, 0.2) is 0 Å². The van der Waals surface area contributed by atoms with Crippen molar-refractivity contribution in [2.24, 2.45) is 7.05 Å². The highest BCUT2D eigenvalue weighted by molar-refractivity contribution is 7.89. The molecule has 0 radical (unpaired) electrons. The molecule has 1 heterocycles. The highest BCUT2D eigenvalue weighted by atomic mass is 32.2. The first kappa shape index (κ1) is 15.6. The van der Waals surface area contributed by atoms with Gasteiger partial charge in [-0.1, -0.05) is 12.1 Å². The molecule has 0 amide bonds. The fourth-order valence-corrected chi connectivity index (χ4v) is 3.56. The Morgan fingerprint density at radius 2 is 2.14 bits per heavy atom. The number of hydrogen-bond acceptors (Lipinski definition) is 5. The third kappa shape index (κ3) is 3.29. The molecule has 1 aromatic carbocycles. The number of rotatable bonds is 5. The lowest BCUT2D eigenvalue weighted by Crippen LogP contribution is -2.29. The van der Waals surface area contributed by atoms with Crippen LogP contribution in [-0.4, -0.2) is 28.3 Å². The Hall–Kier alpha value is -1.77. The van der Waals surface area contributed by atoms with Gasteiger partial charge in [0, 0.05) is 7.05 Å². The summed E-state index contributed by atoms with van der Waals surface area (Å²) >= 11 is 0. The molecule has 8 heteroatoms. The molecule has 1 aromatic heterocycles. The summed E-state index contributed by atoms with van der Waals surface area (Å²) in [4.78, 5) is 0.156. The van der Waals surface area contributed by atoms with Gasteiger partial charge in [-0.15, -0.1) is 10.2 Å². The van der Waals surface area contributed by atoms with E-state index in [4.69, 9.17) is 5.11 Å². The molecule has 2 N–H and O–H groups in total. The zero-order valence-corrected chi connectivity index (χ0v) is 12.9. The first-order chi connectivity index (χ1) is 9.85. The first-order valence-corrected chi connectivity index (χ1v) is 7.90. The van der Waals surface area contributed by atoms with Crippen molar-refractivity contribution in [2.75, 3.05) is 0 Å². The lowest BCUT2D eigenvalue weighted by atomic mass is 10.2. The topological polar surface area (TPSA) is 97.1 Å². The predicted octanol–water partition coefficient (Wildman–Crippen LogP) is 0.655. The molecular formula is C13H18N4O3S. The molecule has 2 aromatic rings. The average molecular weight is 310 g/mol. The number of hydrogen-bond donors (Lipinski definition) is 2. The summed E-state index contributed by atoms with van der Waals surface area (Å²) in [5.74, 6) is 0.523. The van der Waals surface area contributed by atoms with Crippen LogP contribution >= 0.6 is 0 Å². The van der Waals surface area contributed by atoms with Gasteiger partial charge in [-0.2, -0.15) is 0 Å². The van der Waals surface area contributed by atoms with E-state index in [1.807, 2.05) is 0 Å². The van der Waals surface area contributed by atoms with Gasteiger partial charge in [0.05, 0.1) is 17.5 Å². The van der Waals surface area contributed by atoms with Gasteiger partial charge in [0.1, 0.15) is 12.2 Å². The van der Waals surface area contributed by atoms with Crippen molar-refractivity contribution >= 4 is 10.0 Å². The fourth-order valence-electron chi connectivity index (χ4n) is 2.07. The quantitative estimate of drug-likeness (QED) is 0.845. The molecule has 0 aliphatic rings. The number of nitrogens with zero attached hydrogens (tertiary/aromatic N) is 3. The number of aliphatic hydroxyl groups is 1. The van der Waals surface area contributed by atoms with Gasteiger partial charge in [-0.25, -0.2) is 13.1 Å². The maximum Gasteiger partial charge on any atom is 0.241 e. The molecule has 0 aliphatic heterocycles. The van der Waals surface area contributed by atoms with E-state index >= 15 is 0 Å². The van der Waals surface area contributed by atoms with E-state index in [1.54, 1.807) is 37.6 Å². The van der Waals surface area contributed by atoms with E-state index in [-0.39, 0.29) is 11.5 Å².